The SMILES string of the molecule is Cn1ccc(C(=O)N2CCC(Cc3ccccc3)CC2)c1. The number of aryl methyl sites for hydroxylation is 1. The molecular formula is C18H22N2O. The number of rotatable bonds is 3. The monoisotopic (exact) mass is 282 g/mol. The topological polar surface area (TPSA) is 25.2 Å². The highest BCUT2D eigenvalue weighted by molar-refractivity contribution is 5.94. The van der Waals surface area contributed by atoms with Gasteiger partial charge in [-0.3, -0.25) is 4.79 Å². The van der Waals surface area contributed by atoms with Crippen LogP contribution in [0.25, 0.3) is 0 Å². The van der Waals surface area contributed by atoms with Gasteiger partial charge in [0.05, 0.1) is 5.56 Å². The molecule has 1 amide bonds. The molecule has 0 saturated carbocycles. The first kappa shape index (κ1) is 13.9. The summed E-state index contributed by atoms with van der Waals surface area (Å²) in [5.74, 6) is 0.876. The molecule has 1 saturated heterocycles. The molecule has 0 N–H and O–H groups in total. The van der Waals surface area contributed by atoms with Gasteiger partial charge in [-0.2, -0.15) is 0 Å². The summed E-state index contributed by atoms with van der Waals surface area (Å²) in [6, 6.07) is 12.6. The quantitative estimate of drug-likeness (QED) is 0.849. The van der Waals surface area contributed by atoms with Crippen LogP contribution >= 0.6 is 0 Å². The van der Waals surface area contributed by atoms with Crippen molar-refractivity contribution in [3.63, 3.8) is 0 Å². The van der Waals surface area contributed by atoms with Crippen LogP contribution < -0.4 is 0 Å². The molecule has 0 radical (unpaired) electrons. The molecule has 1 aliphatic rings. The Kier molecular flexibility index (Phi) is 4.09. The van der Waals surface area contributed by atoms with Gasteiger partial charge < -0.3 is 9.47 Å². The maximum atomic E-state index is 12.4. The van der Waals surface area contributed by atoms with E-state index >= 15 is 0 Å². The molecule has 0 spiro atoms. The molecule has 3 heteroatoms. The lowest BCUT2D eigenvalue weighted by atomic mass is 9.90. The first-order chi connectivity index (χ1) is 10.2. The molecule has 0 aliphatic carbocycles. The van der Waals surface area contributed by atoms with Crippen LogP contribution in [0.1, 0.15) is 28.8 Å². The number of carbonyl (C=O) groups is 1. The van der Waals surface area contributed by atoms with Crippen molar-refractivity contribution in [2.45, 2.75) is 19.3 Å². The third kappa shape index (κ3) is 3.35. The Morgan fingerprint density at radius 2 is 1.86 bits per heavy atom. The predicted octanol–water partition coefficient (Wildman–Crippen LogP) is 3.12. The largest absolute Gasteiger partial charge is 0.356 e. The van der Waals surface area contributed by atoms with Gasteiger partial charge in [0.25, 0.3) is 5.91 Å². The molecule has 1 aliphatic heterocycles. The second kappa shape index (κ2) is 6.17. The van der Waals surface area contributed by atoms with Gasteiger partial charge in [-0.15, -0.1) is 0 Å². The van der Waals surface area contributed by atoms with Crippen LogP contribution in [0.15, 0.2) is 48.8 Å². The van der Waals surface area contributed by atoms with E-state index in [1.54, 1.807) is 0 Å². The Balaban J connectivity index is 1.54. The zero-order valence-corrected chi connectivity index (χ0v) is 12.5. The van der Waals surface area contributed by atoms with Crippen molar-refractivity contribution in [2.24, 2.45) is 13.0 Å². The number of hydrogen-bond donors (Lipinski definition) is 0. The van der Waals surface area contributed by atoms with Crippen LogP contribution in [0.3, 0.4) is 0 Å². The lowest BCUT2D eigenvalue weighted by Gasteiger charge is -2.32. The zero-order valence-electron chi connectivity index (χ0n) is 12.5. The summed E-state index contributed by atoms with van der Waals surface area (Å²) in [5, 5.41) is 0. The van der Waals surface area contributed by atoms with E-state index in [0.29, 0.717) is 5.92 Å². The van der Waals surface area contributed by atoms with E-state index in [1.165, 1.54) is 5.56 Å². The van der Waals surface area contributed by atoms with Crippen LogP contribution in [-0.4, -0.2) is 28.5 Å². The van der Waals surface area contributed by atoms with Gasteiger partial charge in [-0.05, 0) is 36.8 Å². The lowest BCUT2D eigenvalue weighted by Crippen LogP contribution is -2.38. The number of piperidine rings is 1. The molecule has 0 bridgehead atoms. The van der Waals surface area contributed by atoms with Crippen LogP contribution in [0.5, 0.6) is 0 Å². The molecule has 3 rings (SSSR count). The van der Waals surface area contributed by atoms with E-state index in [1.807, 2.05) is 35.0 Å². The number of carbonyl (C=O) groups excluding carboxylic acids is 1. The average Bonchev–Trinajstić information content (AvgIpc) is 2.95. The van der Waals surface area contributed by atoms with E-state index in [4.69, 9.17) is 0 Å². The molecular weight excluding hydrogens is 260 g/mol. The van der Waals surface area contributed by atoms with E-state index in [9.17, 15) is 4.79 Å². The van der Waals surface area contributed by atoms with Crippen LogP contribution in [0, 0.1) is 5.92 Å². The van der Waals surface area contributed by atoms with Crippen molar-refractivity contribution in [3.05, 3.63) is 59.9 Å². The van der Waals surface area contributed by atoms with Gasteiger partial charge >= 0.3 is 0 Å². The smallest absolute Gasteiger partial charge is 0.255 e. The lowest BCUT2D eigenvalue weighted by molar-refractivity contribution is 0.0690. The van der Waals surface area contributed by atoms with Crippen molar-refractivity contribution in [1.29, 1.82) is 0 Å². The van der Waals surface area contributed by atoms with Gasteiger partial charge in [0.15, 0.2) is 0 Å². The summed E-state index contributed by atoms with van der Waals surface area (Å²) in [4.78, 5) is 14.4. The number of likely N-dealkylation sites (tertiary alicyclic amines) is 1. The van der Waals surface area contributed by atoms with Crippen molar-refractivity contribution in [2.75, 3.05) is 13.1 Å². The first-order valence-corrected chi connectivity index (χ1v) is 7.67. The van der Waals surface area contributed by atoms with Gasteiger partial charge in [-0.1, -0.05) is 30.3 Å². The minimum atomic E-state index is 0.175. The van der Waals surface area contributed by atoms with Crippen molar-refractivity contribution in [3.8, 4) is 0 Å². The highest BCUT2D eigenvalue weighted by Gasteiger charge is 2.24. The second-order valence-electron chi connectivity index (χ2n) is 5.99. The number of hydrogen-bond acceptors (Lipinski definition) is 1. The zero-order chi connectivity index (χ0) is 14.7. The standard InChI is InChI=1S/C18H22N2O/c1-19-10-9-17(14-19)18(21)20-11-7-16(8-12-20)13-15-5-3-2-4-6-15/h2-6,9-10,14,16H,7-8,11-13H2,1H3. The molecule has 1 fully saturated rings. The van der Waals surface area contributed by atoms with Gasteiger partial charge in [0, 0.05) is 32.5 Å². The molecule has 2 heterocycles. The molecule has 2 aromatic rings. The highest BCUT2D eigenvalue weighted by Crippen LogP contribution is 2.22. The molecule has 1 aromatic carbocycles. The minimum Gasteiger partial charge on any atom is -0.356 e. The second-order valence-corrected chi connectivity index (χ2v) is 5.99. The van der Waals surface area contributed by atoms with Crippen LogP contribution in [0.4, 0.5) is 0 Å². The molecule has 0 unspecified atom stereocenters. The number of amides is 1. The summed E-state index contributed by atoms with van der Waals surface area (Å²) in [7, 11) is 1.95. The molecule has 110 valence electrons. The fourth-order valence-corrected chi connectivity index (χ4v) is 3.10. The summed E-state index contributed by atoms with van der Waals surface area (Å²) in [6.07, 6.45) is 7.17. The third-order valence-corrected chi connectivity index (χ3v) is 4.35. The van der Waals surface area contributed by atoms with Crippen molar-refractivity contribution in [1.82, 2.24) is 9.47 Å². The number of nitrogens with zero attached hydrogens (tertiary/aromatic N) is 2. The van der Waals surface area contributed by atoms with Crippen LogP contribution in [0.2, 0.25) is 0 Å². The normalized spacial score (nSPS) is 16.1. The number of benzene rings is 1. The van der Waals surface area contributed by atoms with Gasteiger partial charge in [0.1, 0.15) is 0 Å². The van der Waals surface area contributed by atoms with Crippen molar-refractivity contribution >= 4 is 5.91 Å². The van der Waals surface area contributed by atoms with Crippen LogP contribution in [-0.2, 0) is 13.5 Å². The maximum absolute atomic E-state index is 12.4. The van der Waals surface area contributed by atoms with E-state index in [2.05, 4.69) is 30.3 Å². The minimum absolute atomic E-state index is 0.175. The maximum Gasteiger partial charge on any atom is 0.255 e. The van der Waals surface area contributed by atoms with E-state index < -0.39 is 0 Å². The predicted molar refractivity (Wildman–Crippen MR) is 84.2 cm³/mol. The van der Waals surface area contributed by atoms with Crippen molar-refractivity contribution < 1.29 is 4.79 Å². The summed E-state index contributed by atoms with van der Waals surface area (Å²) >= 11 is 0. The summed E-state index contributed by atoms with van der Waals surface area (Å²) in [5.41, 5.74) is 2.21. The van der Waals surface area contributed by atoms with E-state index in [0.717, 1.165) is 37.9 Å². The molecule has 1 aromatic heterocycles. The fraction of sp³-hybridized carbons (Fsp3) is 0.389. The Labute approximate surface area is 126 Å². The van der Waals surface area contributed by atoms with Gasteiger partial charge in [-0.25, -0.2) is 0 Å². The molecule has 21 heavy (non-hydrogen) atoms. The Morgan fingerprint density at radius 1 is 1.14 bits per heavy atom. The van der Waals surface area contributed by atoms with Gasteiger partial charge in [0.2, 0.25) is 0 Å². The Bertz CT molecular complexity index is 595. The Morgan fingerprint density at radius 3 is 2.48 bits per heavy atom. The molecule has 3 nitrogen and oxygen atoms in total. The molecule has 0 atom stereocenters. The highest BCUT2D eigenvalue weighted by atomic mass is 16.2. The summed E-state index contributed by atoms with van der Waals surface area (Å²) < 4.78 is 1.93. The fourth-order valence-electron chi connectivity index (χ4n) is 3.10. The Hall–Kier alpha value is -2.03. The number of aromatic nitrogens is 1. The third-order valence-electron chi connectivity index (χ3n) is 4.35. The average molecular weight is 282 g/mol. The summed E-state index contributed by atoms with van der Waals surface area (Å²) in [6.45, 7) is 1.76. The van der Waals surface area contributed by atoms with E-state index in [-0.39, 0.29) is 5.91 Å². The first-order valence-electron chi connectivity index (χ1n) is 7.67.